The van der Waals surface area contributed by atoms with Crippen molar-refractivity contribution in [2.45, 2.75) is 13.0 Å². The molecule has 0 unspecified atom stereocenters. The second kappa shape index (κ2) is 7.11. The van der Waals surface area contributed by atoms with Crippen LogP contribution in [0, 0.1) is 0 Å². The number of amides is 1. The number of hydrogen-bond donors (Lipinski definition) is 1. The maximum absolute atomic E-state index is 12.0. The molecule has 1 amide bonds. The van der Waals surface area contributed by atoms with E-state index in [1.165, 1.54) is 0 Å². The fourth-order valence-electron chi connectivity index (χ4n) is 2.10. The Bertz CT molecular complexity index is 764. The standard InChI is InChI=1S/C17H16N2O3S/c1-21-14-6-4-12(5-7-14)11-18-17(20)10-13-9-15(22-19-13)16-3-2-8-23-16/h2-9H,10-11H2,1H3,(H,18,20). The van der Waals surface area contributed by atoms with Gasteiger partial charge in [0.1, 0.15) is 5.75 Å². The number of hydrogen-bond acceptors (Lipinski definition) is 5. The Morgan fingerprint density at radius 2 is 2.13 bits per heavy atom. The van der Waals surface area contributed by atoms with Crippen LogP contribution in [0.1, 0.15) is 11.3 Å². The van der Waals surface area contributed by atoms with E-state index in [4.69, 9.17) is 9.26 Å². The number of methoxy groups -OCH3 is 1. The molecule has 2 aromatic heterocycles. The SMILES string of the molecule is COc1ccc(CNC(=O)Cc2cc(-c3cccs3)on2)cc1. The fourth-order valence-corrected chi connectivity index (χ4v) is 2.77. The van der Waals surface area contributed by atoms with Crippen LogP contribution >= 0.6 is 11.3 Å². The van der Waals surface area contributed by atoms with Gasteiger partial charge < -0.3 is 14.6 Å². The predicted molar refractivity (Wildman–Crippen MR) is 88.4 cm³/mol. The lowest BCUT2D eigenvalue weighted by atomic mass is 10.2. The number of carbonyl (C=O) groups excluding carboxylic acids is 1. The first-order chi connectivity index (χ1) is 11.2. The molecule has 23 heavy (non-hydrogen) atoms. The molecule has 0 radical (unpaired) electrons. The topological polar surface area (TPSA) is 64.4 Å². The predicted octanol–water partition coefficient (Wildman–Crippen LogP) is 3.27. The molecule has 0 atom stereocenters. The van der Waals surface area contributed by atoms with E-state index in [1.54, 1.807) is 24.5 Å². The van der Waals surface area contributed by atoms with Crippen molar-refractivity contribution in [3.05, 3.63) is 59.1 Å². The molecule has 0 bridgehead atoms. The molecule has 118 valence electrons. The molecule has 0 saturated heterocycles. The minimum absolute atomic E-state index is 0.0909. The third-order valence-electron chi connectivity index (χ3n) is 3.31. The summed E-state index contributed by atoms with van der Waals surface area (Å²) >= 11 is 1.57. The first kappa shape index (κ1) is 15.3. The second-order valence-electron chi connectivity index (χ2n) is 4.96. The maximum Gasteiger partial charge on any atom is 0.226 e. The summed E-state index contributed by atoms with van der Waals surface area (Å²) in [5, 5.41) is 8.79. The minimum atomic E-state index is -0.0909. The molecule has 0 aliphatic heterocycles. The van der Waals surface area contributed by atoms with E-state index in [1.807, 2.05) is 41.8 Å². The number of carbonyl (C=O) groups is 1. The summed E-state index contributed by atoms with van der Waals surface area (Å²) in [4.78, 5) is 13.0. The summed E-state index contributed by atoms with van der Waals surface area (Å²) in [6.45, 7) is 0.471. The zero-order valence-corrected chi connectivity index (χ0v) is 13.4. The van der Waals surface area contributed by atoms with Gasteiger partial charge in [0.2, 0.25) is 5.91 Å². The van der Waals surface area contributed by atoms with Gasteiger partial charge in [-0.15, -0.1) is 11.3 Å². The van der Waals surface area contributed by atoms with E-state index in [9.17, 15) is 4.79 Å². The van der Waals surface area contributed by atoms with Crippen molar-refractivity contribution in [1.29, 1.82) is 0 Å². The van der Waals surface area contributed by atoms with Crippen molar-refractivity contribution >= 4 is 17.2 Å². The molecule has 0 aliphatic carbocycles. The van der Waals surface area contributed by atoms with Gasteiger partial charge in [-0.25, -0.2) is 0 Å². The van der Waals surface area contributed by atoms with E-state index in [-0.39, 0.29) is 12.3 Å². The van der Waals surface area contributed by atoms with E-state index in [0.717, 1.165) is 16.2 Å². The molecule has 6 heteroatoms. The Morgan fingerprint density at radius 3 is 2.83 bits per heavy atom. The van der Waals surface area contributed by atoms with Crippen molar-refractivity contribution in [2.75, 3.05) is 7.11 Å². The first-order valence-corrected chi connectivity index (χ1v) is 8.01. The molecular weight excluding hydrogens is 312 g/mol. The molecule has 0 saturated carbocycles. The van der Waals surface area contributed by atoms with Crippen LogP contribution in [0.2, 0.25) is 0 Å². The molecule has 5 nitrogen and oxygen atoms in total. The molecular formula is C17H16N2O3S. The Balaban J connectivity index is 1.53. The summed E-state index contributed by atoms with van der Waals surface area (Å²) in [7, 11) is 1.62. The molecule has 0 fully saturated rings. The first-order valence-electron chi connectivity index (χ1n) is 7.13. The third-order valence-corrected chi connectivity index (χ3v) is 4.20. The second-order valence-corrected chi connectivity index (χ2v) is 5.91. The molecule has 0 spiro atoms. The van der Waals surface area contributed by atoms with Crippen LogP contribution in [0.3, 0.4) is 0 Å². The minimum Gasteiger partial charge on any atom is -0.497 e. The van der Waals surface area contributed by atoms with Crippen molar-refractivity contribution in [3.63, 3.8) is 0 Å². The van der Waals surface area contributed by atoms with Gasteiger partial charge in [-0.1, -0.05) is 23.4 Å². The highest BCUT2D eigenvalue weighted by Gasteiger charge is 2.11. The molecule has 0 aliphatic rings. The molecule has 3 rings (SSSR count). The van der Waals surface area contributed by atoms with Gasteiger partial charge in [-0.2, -0.15) is 0 Å². The van der Waals surface area contributed by atoms with Crippen LogP contribution in [0.5, 0.6) is 5.75 Å². The summed E-state index contributed by atoms with van der Waals surface area (Å²) in [6, 6.07) is 13.3. The number of ether oxygens (including phenoxy) is 1. The summed E-state index contributed by atoms with van der Waals surface area (Å²) in [6.07, 6.45) is 0.199. The Kier molecular flexibility index (Phi) is 4.73. The molecule has 2 heterocycles. The highest BCUT2D eigenvalue weighted by Crippen LogP contribution is 2.25. The highest BCUT2D eigenvalue weighted by molar-refractivity contribution is 7.13. The average molecular weight is 328 g/mol. The number of rotatable bonds is 6. The number of aromatic nitrogens is 1. The fraction of sp³-hybridized carbons (Fsp3) is 0.176. The van der Waals surface area contributed by atoms with Crippen LogP contribution in [0.25, 0.3) is 10.6 Å². The highest BCUT2D eigenvalue weighted by atomic mass is 32.1. The smallest absolute Gasteiger partial charge is 0.226 e. The van der Waals surface area contributed by atoms with E-state index < -0.39 is 0 Å². The van der Waals surface area contributed by atoms with E-state index >= 15 is 0 Å². The number of thiophene rings is 1. The van der Waals surface area contributed by atoms with Crippen molar-refractivity contribution in [1.82, 2.24) is 10.5 Å². The Morgan fingerprint density at radius 1 is 1.30 bits per heavy atom. The molecule has 1 aromatic carbocycles. The van der Waals surface area contributed by atoms with Crippen LogP contribution in [-0.4, -0.2) is 18.2 Å². The normalized spacial score (nSPS) is 10.5. The number of nitrogens with one attached hydrogen (secondary N) is 1. The zero-order valence-electron chi connectivity index (χ0n) is 12.6. The van der Waals surface area contributed by atoms with E-state index in [2.05, 4.69) is 10.5 Å². The van der Waals surface area contributed by atoms with Gasteiger partial charge in [-0.05, 0) is 29.1 Å². The van der Waals surface area contributed by atoms with Crippen LogP contribution in [0.4, 0.5) is 0 Å². The summed E-state index contributed by atoms with van der Waals surface area (Å²) < 4.78 is 10.4. The average Bonchev–Trinajstić information content (AvgIpc) is 3.24. The number of nitrogens with zero attached hydrogens (tertiary/aromatic N) is 1. The van der Waals surface area contributed by atoms with Crippen molar-refractivity contribution < 1.29 is 14.1 Å². The van der Waals surface area contributed by atoms with Crippen LogP contribution in [-0.2, 0) is 17.8 Å². The summed E-state index contributed by atoms with van der Waals surface area (Å²) in [5.74, 6) is 1.40. The van der Waals surface area contributed by atoms with Crippen molar-refractivity contribution in [3.8, 4) is 16.4 Å². The van der Waals surface area contributed by atoms with Gasteiger partial charge >= 0.3 is 0 Å². The van der Waals surface area contributed by atoms with Crippen molar-refractivity contribution in [2.24, 2.45) is 0 Å². The van der Waals surface area contributed by atoms with Gasteiger partial charge in [0.05, 0.1) is 24.1 Å². The third kappa shape index (κ3) is 3.98. The number of benzene rings is 1. The quantitative estimate of drug-likeness (QED) is 0.754. The lowest BCUT2D eigenvalue weighted by molar-refractivity contribution is -0.120. The van der Waals surface area contributed by atoms with Gasteiger partial charge in [0.15, 0.2) is 5.76 Å². The monoisotopic (exact) mass is 328 g/mol. The molecule has 3 aromatic rings. The largest absolute Gasteiger partial charge is 0.497 e. The maximum atomic E-state index is 12.0. The van der Waals surface area contributed by atoms with Gasteiger partial charge in [0, 0.05) is 12.6 Å². The summed E-state index contributed by atoms with van der Waals surface area (Å²) in [5.41, 5.74) is 1.64. The van der Waals surface area contributed by atoms with Crippen LogP contribution in [0.15, 0.2) is 52.4 Å². The Hall–Kier alpha value is -2.60. The van der Waals surface area contributed by atoms with E-state index in [0.29, 0.717) is 18.0 Å². The molecule has 1 N–H and O–H groups in total. The van der Waals surface area contributed by atoms with Gasteiger partial charge in [-0.3, -0.25) is 4.79 Å². The zero-order chi connectivity index (χ0) is 16.1. The lowest BCUT2D eigenvalue weighted by Gasteiger charge is -2.05. The van der Waals surface area contributed by atoms with Crippen LogP contribution < -0.4 is 10.1 Å². The lowest BCUT2D eigenvalue weighted by Crippen LogP contribution is -2.24. The van der Waals surface area contributed by atoms with Gasteiger partial charge in [0.25, 0.3) is 0 Å². The Labute approximate surface area is 137 Å².